The minimum absolute atomic E-state index is 0.270. The summed E-state index contributed by atoms with van der Waals surface area (Å²) < 4.78 is 27.8. The monoisotopic (exact) mass is 571 g/mol. The van der Waals surface area contributed by atoms with Gasteiger partial charge in [-0.2, -0.15) is 0 Å². The van der Waals surface area contributed by atoms with E-state index < -0.39 is 23.8 Å². The van der Waals surface area contributed by atoms with Gasteiger partial charge in [-0.15, -0.1) is 0 Å². The first-order valence-electron chi connectivity index (χ1n) is 14.8. The summed E-state index contributed by atoms with van der Waals surface area (Å²) in [5, 5.41) is 8.71. The number of benzene rings is 2. The Morgan fingerprint density at radius 3 is 1.90 bits per heavy atom. The Bertz CT molecular complexity index is 1060. The Morgan fingerprint density at radius 1 is 0.854 bits per heavy atom. The Labute approximate surface area is 243 Å². The first-order valence-corrected chi connectivity index (χ1v) is 14.8. The Hall–Kier alpha value is -3.14. The van der Waals surface area contributed by atoms with Crippen molar-refractivity contribution in [3.8, 4) is 11.5 Å². The molecule has 9 nitrogen and oxygen atoms in total. The highest BCUT2D eigenvalue weighted by molar-refractivity contribution is 5.89. The van der Waals surface area contributed by atoms with E-state index in [0.29, 0.717) is 37.4 Å². The number of hydrogen-bond acceptors (Lipinski definition) is 8. The summed E-state index contributed by atoms with van der Waals surface area (Å²) in [5.74, 6) is 0.191. The van der Waals surface area contributed by atoms with Gasteiger partial charge in [-0.25, -0.2) is 9.59 Å². The molecule has 4 rings (SSSR count). The van der Waals surface area contributed by atoms with Crippen LogP contribution in [0.4, 0.5) is 0 Å². The number of aromatic carboxylic acids is 1. The Balaban J connectivity index is 0.000000250. The molecule has 3 N–H and O–H groups in total. The van der Waals surface area contributed by atoms with Crippen molar-refractivity contribution in [1.29, 1.82) is 0 Å². The quantitative estimate of drug-likeness (QED) is 0.196. The summed E-state index contributed by atoms with van der Waals surface area (Å²) in [5.41, 5.74) is 6.06. The van der Waals surface area contributed by atoms with Crippen LogP contribution >= 0.6 is 0 Å². The molecule has 0 bridgehead atoms. The number of nitrogens with two attached hydrogens (primary N) is 1. The fraction of sp³-hybridized carbons (Fsp3) is 0.562. The lowest BCUT2D eigenvalue weighted by Crippen LogP contribution is -2.48. The molecule has 2 aliphatic heterocycles. The van der Waals surface area contributed by atoms with Crippen molar-refractivity contribution < 1.29 is 38.4 Å². The molecule has 0 aliphatic carbocycles. The maximum absolute atomic E-state index is 12.3. The van der Waals surface area contributed by atoms with Crippen LogP contribution in [0, 0.1) is 0 Å². The van der Waals surface area contributed by atoms with Crippen molar-refractivity contribution in [2.45, 2.75) is 89.6 Å². The molecule has 0 amide bonds. The van der Waals surface area contributed by atoms with Crippen LogP contribution in [0.3, 0.4) is 0 Å². The summed E-state index contributed by atoms with van der Waals surface area (Å²) >= 11 is 0. The van der Waals surface area contributed by atoms with Gasteiger partial charge in [-0.05, 0) is 61.4 Å². The number of unbranched alkanes of at least 4 members (excludes halogenated alkanes) is 6. The Morgan fingerprint density at radius 2 is 1.39 bits per heavy atom. The molecular formula is C32H45NO8. The zero-order valence-corrected chi connectivity index (χ0v) is 24.3. The van der Waals surface area contributed by atoms with E-state index in [1.165, 1.54) is 38.5 Å². The molecule has 226 valence electrons. The third-order valence-electron chi connectivity index (χ3n) is 7.11. The van der Waals surface area contributed by atoms with Gasteiger partial charge < -0.3 is 34.5 Å². The van der Waals surface area contributed by atoms with Crippen molar-refractivity contribution in [3.05, 3.63) is 59.7 Å². The van der Waals surface area contributed by atoms with Crippen LogP contribution in [0.25, 0.3) is 0 Å². The lowest BCUT2D eigenvalue weighted by molar-refractivity contribution is -0.0300. The largest absolute Gasteiger partial charge is 0.494 e. The highest BCUT2D eigenvalue weighted by Gasteiger charge is 2.53. The van der Waals surface area contributed by atoms with Crippen molar-refractivity contribution in [2.75, 3.05) is 26.4 Å². The van der Waals surface area contributed by atoms with Crippen LogP contribution in [0.1, 0.15) is 92.4 Å². The topological polar surface area (TPSA) is 127 Å². The minimum Gasteiger partial charge on any atom is -0.494 e. The molecule has 2 heterocycles. The van der Waals surface area contributed by atoms with Gasteiger partial charge in [0.1, 0.15) is 23.3 Å². The highest BCUT2D eigenvalue weighted by atomic mass is 16.6. The number of esters is 1. The van der Waals surface area contributed by atoms with Crippen molar-refractivity contribution in [1.82, 2.24) is 0 Å². The maximum Gasteiger partial charge on any atom is 0.338 e. The Kier molecular flexibility index (Phi) is 13.4. The van der Waals surface area contributed by atoms with Gasteiger partial charge in [0.15, 0.2) is 6.10 Å². The first-order chi connectivity index (χ1) is 19.9. The number of carbonyl (C=O) groups excluding carboxylic acids is 1. The van der Waals surface area contributed by atoms with Crippen molar-refractivity contribution >= 4 is 11.9 Å². The number of fused-ring (bicyclic) bond motifs is 1. The van der Waals surface area contributed by atoms with Gasteiger partial charge in [0.05, 0.1) is 37.6 Å². The molecule has 41 heavy (non-hydrogen) atoms. The summed E-state index contributed by atoms with van der Waals surface area (Å²) in [6, 6.07) is 13.5. The summed E-state index contributed by atoms with van der Waals surface area (Å²) in [6.07, 6.45) is 9.12. The number of rotatable bonds is 15. The van der Waals surface area contributed by atoms with E-state index in [1.807, 2.05) is 0 Å². The van der Waals surface area contributed by atoms with Crippen molar-refractivity contribution in [2.24, 2.45) is 5.73 Å². The zero-order valence-electron chi connectivity index (χ0n) is 24.3. The number of carboxylic acids is 1. The molecule has 2 fully saturated rings. The molecule has 2 aromatic rings. The van der Waals surface area contributed by atoms with Crippen LogP contribution in [0.5, 0.6) is 11.5 Å². The van der Waals surface area contributed by atoms with Gasteiger partial charge in [-0.3, -0.25) is 0 Å². The predicted molar refractivity (Wildman–Crippen MR) is 156 cm³/mol. The second-order valence-corrected chi connectivity index (χ2v) is 10.4. The predicted octanol–water partition coefficient (Wildman–Crippen LogP) is 5.99. The van der Waals surface area contributed by atoms with E-state index in [4.69, 9.17) is 34.5 Å². The molecule has 0 saturated carbocycles. The fourth-order valence-corrected chi connectivity index (χ4v) is 4.65. The third kappa shape index (κ3) is 10.3. The molecule has 2 aromatic carbocycles. The lowest BCUT2D eigenvalue weighted by atomic mass is 10.1. The van der Waals surface area contributed by atoms with Gasteiger partial charge in [0.25, 0.3) is 0 Å². The molecule has 2 saturated heterocycles. The summed E-state index contributed by atoms with van der Waals surface area (Å²) in [6.45, 7) is 6.55. The van der Waals surface area contributed by atoms with Crippen LogP contribution in [0.2, 0.25) is 0 Å². The number of carbonyl (C=O) groups is 2. The fourth-order valence-electron chi connectivity index (χ4n) is 4.65. The lowest BCUT2D eigenvalue weighted by Gasteiger charge is -2.22. The normalized spacial score (nSPS) is 21.0. The van der Waals surface area contributed by atoms with E-state index in [2.05, 4.69) is 13.8 Å². The van der Waals surface area contributed by atoms with E-state index in [0.717, 1.165) is 24.3 Å². The standard InChI is InChI=1S/C19H27NO5.C13H18O3/c1-2-3-4-5-11-22-15-8-6-14(7-9-15)18(21)25-16-13-24-19(20)10-12-23-17(16)19;1-2-3-4-5-10-16-12-8-6-11(7-9-12)13(14)15/h6-9,16-17H,2-5,10-13,20H2,1H3;6-9H,2-5,10H2,1H3,(H,14,15)/t16?,17-,19-;/m1./s1. The first kappa shape index (κ1) is 32.4. The molecule has 2 aliphatic rings. The number of ether oxygens (including phenoxy) is 5. The van der Waals surface area contributed by atoms with Gasteiger partial charge in [0.2, 0.25) is 0 Å². The number of hydrogen-bond donors (Lipinski definition) is 2. The van der Waals surface area contributed by atoms with Crippen LogP contribution in [-0.2, 0) is 14.2 Å². The molecule has 9 heteroatoms. The van der Waals surface area contributed by atoms with Crippen LogP contribution in [-0.4, -0.2) is 61.4 Å². The zero-order chi connectivity index (χ0) is 29.5. The minimum atomic E-state index is -0.908. The number of carboxylic acid groups (broad SMARTS) is 1. The molecule has 0 aromatic heterocycles. The smallest absolute Gasteiger partial charge is 0.338 e. The van der Waals surface area contributed by atoms with Crippen LogP contribution < -0.4 is 15.2 Å². The third-order valence-corrected chi connectivity index (χ3v) is 7.11. The molecule has 0 radical (unpaired) electrons. The molecule has 1 unspecified atom stereocenters. The second kappa shape index (κ2) is 17.0. The molecule has 0 spiro atoms. The van der Waals surface area contributed by atoms with Crippen LogP contribution in [0.15, 0.2) is 48.5 Å². The average Bonchev–Trinajstić information content (AvgIpc) is 3.51. The van der Waals surface area contributed by atoms with E-state index in [-0.39, 0.29) is 12.7 Å². The van der Waals surface area contributed by atoms with E-state index in [1.54, 1.807) is 48.5 Å². The van der Waals surface area contributed by atoms with Gasteiger partial charge in [0, 0.05) is 6.42 Å². The van der Waals surface area contributed by atoms with E-state index in [9.17, 15) is 9.59 Å². The van der Waals surface area contributed by atoms with E-state index >= 15 is 0 Å². The van der Waals surface area contributed by atoms with Gasteiger partial charge in [-0.1, -0.05) is 52.4 Å². The second-order valence-electron chi connectivity index (χ2n) is 10.4. The average molecular weight is 572 g/mol. The van der Waals surface area contributed by atoms with Crippen molar-refractivity contribution in [3.63, 3.8) is 0 Å². The summed E-state index contributed by atoms with van der Waals surface area (Å²) in [7, 11) is 0. The molecular weight excluding hydrogens is 526 g/mol. The van der Waals surface area contributed by atoms with Gasteiger partial charge >= 0.3 is 11.9 Å². The SMILES string of the molecule is CCCCCCOc1ccc(C(=O)O)cc1.CCCCCCOc1ccc(C(=O)OC2CO[C@]3(N)CCO[C@H]23)cc1. The highest BCUT2D eigenvalue weighted by Crippen LogP contribution is 2.34. The summed E-state index contributed by atoms with van der Waals surface area (Å²) in [4.78, 5) is 22.9. The molecule has 3 atom stereocenters. The maximum atomic E-state index is 12.3.